The summed E-state index contributed by atoms with van der Waals surface area (Å²) in [5, 5.41) is 9.48. The number of likely N-dealkylation sites (tertiary alicyclic amines) is 1. The van der Waals surface area contributed by atoms with Crippen molar-refractivity contribution >= 4 is 34.5 Å². The molecule has 21 heavy (non-hydrogen) atoms. The summed E-state index contributed by atoms with van der Waals surface area (Å²) in [4.78, 5) is 26.0. The van der Waals surface area contributed by atoms with E-state index >= 15 is 0 Å². The second kappa shape index (κ2) is 5.94. The van der Waals surface area contributed by atoms with Crippen molar-refractivity contribution in [2.75, 3.05) is 0 Å². The van der Waals surface area contributed by atoms with E-state index in [0.717, 1.165) is 29.3 Å². The zero-order chi connectivity index (χ0) is 15.0. The molecule has 1 amide bonds. The third-order valence-electron chi connectivity index (χ3n) is 4.70. The number of nitrogens with zero attached hydrogens (tertiary/aromatic N) is 1. The second-order valence-corrected chi connectivity index (χ2v) is 7.17. The average Bonchev–Trinajstić information content (AvgIpc) is 2.87. The molecule has 1 aromatic carbocycles. The lowest BCUT2D eigenvalue weighted by Gasteiger charge is -2.33. The molecular weight excluding hydrogens is 381 g/mol. The molecule has 3 unspecified atom stereocenters. The van der Waals surface area contributed by atoms with Crippen molar-refractivity contribution in [3.63, 3.8) is 0 Å². The lowest BCUT2D eigenvalue weighted by atomic mass is 9.84. The van der Waals surface area contributed by atoms with Gasteiger partial charge in [0.1, 0.15) is 6.04 Å². The summed E-state index contributed by atoms with van der Waals surface area (Å²) in [5.41, 5.74) is 0.591. The Kier molecular flexibility index (Phi) is 4.19. The highest BCUT2D eigenvalue weighted by Gasteiger charge is 2.47. The van der Waals surface area contributed by atoms with Crippen molar-refractivity contribution in [3.8, 4) is 0 Å². The lowest BCUT2D eigenvalue weighted by Crippen LogP contribution is -2.46. The molecule has 0 radical (unpaired) electrons. The standard InChI is InChI=1S/C16H18INO3/c17-12-7-5-10(6-8-12)15(19)18-13-4-2-1-3-11(13)9-14(18)16(20)21/h5-8,11,13-14H,1-4,9H2,(H,20,21). The van der Waals surface area contributed by atoms with Crippen LogP contribution in [0.2, 0.25) is 0 Å². The average molecular weight is 399 g/mol. The maximum absolute atomic E-state index is 12.8. The van der Waals surface area contributed by atoms with E-state index < -0.39 is 12.0 Å². The van der Waals surface area contributed by atoms with Gasteiger partial charge in [0.05, 0.1) is 0 Å². The van der Waals surface area contributed by atoms with Crippen molar-refractivity contribution in [2.45, 2.75) is 44.2 Å². The summed E-state index contributed by atoms with van der Waals surface area (Å²) in [7, 11) is 0. The van der Waals surface area contributed by atoms with Crippen LogP contribution in [0.1, 0.15) is 42.5 Å². The SMILES string of the molecule is O=C(O)C1CC2CCCCC2N1C(=O)c1ccc(I)cc1. The molecule has 3 atom stereocenters. The maximum atomic E-state index is 12.8. The number of halogens is 1. The molecular formula is C16H18INO3. The molecule has 5 heteroatoms. The molecule has 2 fully saturated rings. The summed E-state index contributed by atoms with van der Waals surface area (Å²) in [6.07, 6.45) is 4.83. The number of amides is 1. The smallest absolute Gasteiger partial charge is 0.326 e. The molecule has 1 aromatic rings. The van der Waals surface area contributed by atoms with Crippen LogP contribution in [0.25, 0.3) is 0 Å². The number of hydrogen-bond donors (Lipinski definition) is 1. The van der Waals surface area contributed by atoms with Crippen LogP contribution in [0.15, 0.2) is 24.3 Å². The molecule has 1 aliphatic heterocycles. The van der Waals surface area contributed by atoms with Crippen molar-refractivity contribution in [1.82, 2.24) is 4.90 Å². The van der Waals surface area contributed by atoms with E-state index in [-0.39, 0.29) is 11.9 Å². The maximum Gasteiger partial charge on any atom is 0.326 e. The minimum atomic E-state index is -0.872. The Bertz CT molecular complexity index is 557. The zero-order valence-corrected chi connectivity index (χ0v) is 13.8. The number of carbonyl (C=O) groups excluding carboxylic acids is 1. The Morgan fingerprint density at radius 2 is 1.81 bits per heavy atom. The van der Waals surface area contributed by atoms with Gasteiger partial charge < -0.3 is 10.0 Å². The lowest BCUT2D eigenvalue weighted by molar-refractivity contribution is -0.141. The highest BCUT2D eigenvalue weighted by molar-refractivity contribution is 14.1. The first-order valence-electron chi connectivity index (χ1n) is 7.39. The Labute approximate surface area is 137 Å². The van der Waals surface area contributed by atoms with E-state index in [2.05, 4.69) is 22.6 Å². The van der Waals surface area contributed by atoms with E-state index in [1.54, 1.807) is 17.0 Å². The normalized spacial score (nSPS) is 28.2. The van der Waals surface area contributed by atoms with E-state index in [1.165, 1.54) is 0 Å². The number of fused-ring (bicyclic) bond motifs is 1. The number of carbonyl (C=O) groups is 2. The van der Waals surface area contributed by atoms with Gasteiger partial charge in [-0.25, -0.2) is 4.79 Å². The van der Waals surface area contributed by atoms with E-state index in [1.807, 2.05) is 12.1 Å². The fourth-order valence-corrected chi connectivity index (χ4v) is 4.07. The largest absolute Gasteiger partial charge is 0.480 e. The number of hydrogen-bond acceptors (Lipinski definition) is 2. The quantitative estimate of drug-likeness (QED) is 0.778. The van der Waals surface area contributed by atoms with Crippen LogP contribution in [-0.2, 0) is 4.79 Å². The van der Waals surface area contributed by atoms with Crippen LogP contribution < -0.4 is 0 Å². The van der Waals surface area contributed by atoms with Crippen LogP contribution in [0.5, 0.6) is 0 Å². The molecule has 1 N–H and O–H groups in total. The predicted molar refractivity (Wildman–Crippen MR) is 87.1 cm³/mol. The van der Waals surface area contributed by atoms with Crippen LogP contribution in [0.3, 0.4) is 0 Å². The van der Waals surface area contributed by atoms with Crippen LogP contribution in [-0.4, -0.2) is 34.0 Å². The van der Waals surface area contributed by atoms with Crippen molar-refractivity contribution < 1.29 is 14.7 Å². The van der Waals surface area contributed by atoms with Crippen molar-refractivity contribution in [1.29, 1.82) is 0 Å². The van der Waals surface area contributed by atoms with Gasteiger partial charge in [-0.2, -0.15) is 0 Å². The van der Waals surface area contributed by atoms with Gasteiger partial charge >= 0.3 is 5.97 Å². The number of rotatable bonds is 2. The molecule has 1 heterocycles. The topological polar surface area (TPSA) is 57.6 Å². The minimum Gasteiger partial charge on any atom is -0.480 e. The van der Waals surface area contributed by atoms with E-state index in [9.17, 15) is 14.7 Å². The molecule has 2 aliphatic rings. The highest BCUT2D eigenvalue weighted by Crippen LogP contribution is 2.40. The fourth-order valence-electron chi connectivity index (χ4n) is 3.71. The second-order valence-electron chi connectivity index (χ2n) is 5.92. The predicted octanol–water partition coefficient (Wildman–Crippen LogP) is 3.15. The van der Waals surface area contributed by atoms with Gasteiger partial charge in [-0.3, -0.25) is 4.79 Å². The Morgan fingerprint density at radius 1 is 1.14 bits per heavy atom. The summed E-state index contributed by atoms with van der Waals surface area (Å²) in [6, 6.07) is 6.80. The summed E-state index contributed by atoms with van der Waals surface area (Å²) >= 11 is 2.19. The summed E-state index contributed by atoms with van der Waals surface area (Å²) < 4.78 is 1.07. The van der Waals surface area contributed by atoms with Gasteiger partial charge in [0, 0.05) is 15.2 Å². The fraction of sp³-hybridized carbons (Fsp3) is 0.500. The van der Waals surface area contributed by atoms with Gasteiger partial charge in [0.15, 0.2) is 0 Å². The third-order valence-corrected chi connectivity index (χ3v) is 5.42. The van der Waals surface area contributed by atoms with E-state index in [0.29, 0.717) is 17.9 Å². The first-order valence-corrected chi connectivity index (χ1v) is 8.47. The highest BCUT2D eigenvalue weighted by atomic mass is 127. The molecule has 1 aliphatic carbocycles. The molecule has 0 bridgehead atoms. The number of aliphatic carboxylic acids is 1. The van der Waals surface area contributed by atoms with Crippen LogP contribution in [0.4, 0.5) is 0 Å². The van der Waals surface area contributed by atoms with Gasteiger partial charge in [-0.15, -0.1) is 0 Å². The van der Waals surface area contributed by atoms with Gasteiger partial charge in [-0.1, -0.05) is 12.8 Å². The minimum absolute atomic E-state index is 0.103. The first kappa shape index (κ1) is 14.8. The Morgan fingerprint density at radius 3 is 2.48 bits per heavy atom. The van der Waals surface area contributed by atoms with Crippen molar-refractivity contribution in [2.24, 2.45) is 5.92 Å². The van der Waals surface area contributed by atoms with Gasteiger partial charge in [0.25, 0.3) is 5.91 Å². The molecule has 3 rings (SSSR count). The van der Waals surface area contributed by atoms with Crippen LogP contribution in [0, 0.1) is 9.49 Å². The number of carboxylic acid groups (broad SMARTS) is 1. The molecule has 112 valence electrons. The number of benzene rings is 1. The van der Waals surface area contributed by atoms with Gasteiger partial charge in [0.2, 0.25) is 0 Å². The van der Waals surface area contributed by atoms with Crippen LogP contribution >= 0.6 is 22.6 Å². The molecule has 0 spiro atoms. The first-order chi connectivity index (χ1) is 10.1. The Balaban J connectivity index is 1.90. The molecule has 4 nitrogen and oxygen atoms in total. The monoisotopic (exact) mass is 399 g/mol. The molecule has 0 aromatic heterocycles. The number of carboxylic acids is 1. The van der Waals surface area contributed by atoms with Gasteiger partial charge in [-0.05, 0) is 72.0 Å². The van der Waals surface area contributed by atoms with Crippen molar-refractivity contribution in [3.05, 3.63) is 33.4 Å². The Hall–Kier alpha value is -1.11. The van der Waals surface area contributed by atoms with E-state index in [4.69, 9.17) is 0 Å². The summed E-state index contributed by atoms with van der Waals surface area (Å²) in [5.74, 6) is -0.649. The third kappa shape index (κ3) is 2.80. The molecule has 1 saturated carbocycles. The zero-order valence-electron chi connectivity index (χ0n) is 11.7. The summed E-state index contributed by atoms with van der Waals surface area (Å²) in [6.45, 7) is 0. The molecule has 1 saturated heterocycles.